The summed E-state index contributed by atoms with van der Waals surface area (Å²) in [5.74, 6) is 3.27. The number of rotatable bonds is 9. The summed E-state index contributed by atoms with van der Waals surface area (Å²) in [6, 6.07) is 15.1. The van der Waals surface area contributed by atoms with Gasteiger partial charge in [-0.3, -0.25) is 4.79 Å². The molecule has 1 amide bonds. The predicted molar refractivity (Wildman–Crippen MR) is 148 cm³/mol. The summed E-state index contributed by atoms with van der Waals surface area (Å²) in [6.07, 6.45) is 7.47. The average molecular weight is 545 g/mol. The lowest BCUT2D eigenvalue weighted by atomic mass is 9.95. The third-order valence-corrected chi connectivity index (χ3v) is 7.93. The molecule has 2 aromatic heterocycles. The van der Waals surface area contributed by atoms with Crippen LogP contribution in [0.3, 0.4) is 0 Å². The van der Waals surface area contributed by atoms with Gasteiger partial charge in [0.25, 0.3) is 5.91 Å². The Balaban J connectivity index is 1.19. The quantitative estimate of drug-likeness (QED) is 0.252. The summed E-state index contributed by atoms with van der Waals surface area (Å²) in [4.78, 5) is 19.2. The van der Waals surface area contributed by atoms with E-state index in [-0.39, 0.29) is 12.7 Å². The fourth-order valence-electron chi connectivity index (χ4n) is 4.75. The topological polar surface area (TPSA) is 91.5 Å². The van der Waals surface area contributed by atoms with Gasteiger partial charge in [-0.25, -0.2) is 4.99 Å². The van der Waals surface area contributed by atoms with Gasteiger partial charge in [-0.05, 0) is 84.8 Å². The molecule has 0 saturated heterocycles. The maximum Gasteiger partial charge on any atom is 0.255 e. The SMILES string of the molecule is COc1cc(C=Nc2sc3c(c2C(=O)NCc2ccco2)CCCC3)ccc1OCc1ccc2c(c1)OCO2. The molecule has 2 aliphatic rings. The number of methoxy groups -OCH3 is 1. The summed E-state index contributed by atoms with van der Waals surface area (Å²) < 4.78 is 27.8. The number of furan rings is 1. The molecule has 0 saturated carbocycles. The van der Waals surface area contributed by atoms with Crippen molar-refractivity contribution in [2.75, 3.05) is 13.9 Å². The zero-order valence-corrected chi connectivity index (χ0v) is 22.3. The number of nitrogens with one attached hydrogen (secondary N) is 1. The molecule has 1 aliphatic carbocycles. The van der Waals surface area contributed by atoms with Gasteiger partial charge in [0.15, 0.2) is 23.0 Å². The van der Waals surface area contributed by atoms with Crippen LogP contribution in [0.1, 0.15) is 50.5 Å². The molecule has 8 nitrogen and oxygen atoms in total. The highest BCUT2D eigenvalue weighted by molar-refractivity contribution is 7.16. The van der Waals surface area contributed by atoms with Crippen LogP contribution in [0.5, 0.6) is 23.0 Å². The number of hydrogen-bond acceptors (Lipinski definition) is 8. The molecule has 0 unspecified atom stereocenters. The third kappa shape index (κ3) is 5.49. The number of aliphatic imine (C=N–C) groups is 1. The van der Waals surface area contributed by atoms with E-state index in [1.54, 1.807) is 30.9 Å². The lowest BCUT2D eigenvalue weighted by Gasteiger charge is -2.12. The molecule has 0 spiro atoms. The van der Waals surface area contributed by atoms with Crippen LogP contribution in [-0.4, -0.2) is 26.0 Å². The number of carbonyl (C=O) groups excluding carboxylic acids is 1. The van der Waals surface area contributed by atoms with Gasteiger partial charge in [-0.15, -0.1) is 11.3 Å². The molecule has 2 aromatic carbocycles. The molecule has 0 fully saturated rings. The van der Waals surface area contributed by atoms with E-state index < -0.39 is 0 Å². The Hall–Kier alpha value is -4.24. The highest BCUT2D eigenvalue weighted by Crippen LogP contribution is 2.40. The molecule has 4 aromatic rings. The first-order chi connectivity index (χ1) is 19.2. The van der Waals surface area contributed by atoms with Crippen molar-refractivity contribution in [3.05, 3.63) is 87.7 Å². The molecule has 1 N–H and O–H groups in total. The Kier molecular flexibility index (Phi) is 7.23. The van der Waals surface area contributed by atoms with Crippen LogP contribution in [0, 0.1) is 0 Å². The Morgan fingerprint density at radius 1 is 1.08 bits per heavy atom. The highest BCUT2D eigenvalue weighted by atomic mass is 32.1. The number of aryl methyl sites for hydroxylation is 1. The Morgan fingerprint density at radius 2 is 1.97 bits per heavy atom. The van der Waals surface area contributed by atoms with Crippen molar-refractivity contribution in [3.8, 4) is 23.0 Å². The third-order valence-electron chi connectivity index (χ3n) is 6.73. The van der Waals surface area contributed by atoms with Crippen molar-refractivity contribution in [1.29, 1.82) is 0 Å². The van der Waals surface area contributed by atoms with Crippen molar-refractivity contribution in [2.24, 2.45) is 4.99 Å². The van der Waals surface area contributed by atoms with Gasteiger partial charge >= 0.3 is 0 Å². The van der Waals surface area contributed by atoms with Crippen LogP contribution >= 0.6 is 11.3 Å². The standard InChI is InChI=1S/C30H28N2O6S/c1-34-25-13-19(8-10-23(25)36-17-20-9-11-24-26(14-20)38-18-37-24)15-32-30-28(22-6-2-3-7-27(22)39-30)29(33)31-16-21-5-4-12-35-21/h4-5,8-15H,2-3,6-7,16-18H2,1H3,(H,31,33). The molecular formula is C30H28N2O6S. The van der Waals surface area contributed by atoms with Gasteiger partial charge < -0.3 is 28.7 Å². The first-order valence-corrected chi connectivity index (χ1v) is 13.7. The summed E-state index contributed by atoms with van der Waals surface area (Å²) in [5, 5.41) is 3.71. The number of ether oxygens (including phenoxy) is 4. The van der Waals surface area contributed by atoms with Crippen molar-refractivity contribution < 1.29 is 28.2 Å². The molecule has 39 heavy (non-hydrogen) atoms. The minimum Gasteiger partial charge on any atom is -0.493 e. The van der Waals surface area contributed by atoms with Gasteiger partial charge in [-0.1, -0.05) is 6.07 Å². The zero-order valence-electron chi connectivity index (χ0n) is 21.5. The van der Waals surface area contributed by atoms with Crippen LogP contribution in [0.4, 0.5) is 5.00 Å². The van der Waals surface area contributed by atoms with Crippen molar-refractivity contribution in [3.63, 3.8) is 0 Å². The van der Waals surface area contributed by atoms with Gasteiger partial charge in [0.05, 0.1) is 25.5 Å². The molecule has 0 radical (unpaired) electrons. The van der Waals surface area contributed by atoms with Crippen molar-refractivity contribution >= 4 is 28.5 Å². The summed E-state index contributed by atoms with van der Waals surface area (Å²) in [6.45, 7) is 0.934. The van der Waals surface area contributed by atoms with E-state index >= 15 is 0 Å². The van der Waals surface area contributed by atoms with Crippen LogP contribution < -0.4 is 24.3 Å². The predicted octanol–water partition coefficient (Wildman–Crippen LogP) is 6.22. The monoisotopic (exact) mass is 544 g/mol. The summed E-state index contributed by atoms with van der Waals surface area (Å²) >= 11 is 1.60. The first kappa shape index (κ1) is 25.1. The van der Waals surface area contributed by atoms with Crippen LogP contribution in [0.25, 0.3) is 0 Å². The second-order valence-corrected chi connectivity index (χ2v) is 10.4. The van der Waals surface area contributed by atoms with Gasteiger partial charge in [0.2, 0.25) is 6.79 Å². The van der Waals surface area contributed by atoms with E-state index in [2.05, 4.69) is 5.32 Å². The van der Waals surface area contributed by atoms with Crippen LogP contribution in [0.15, 0.2) is 64.2 Å². The number of benzene rings is 2. The van der Waals surface area contributed by atoms with E-state index in [0.29, 0.717) is 36.0 Å². The van der Waals surface area contributed by atoms with Crippen molar-refractivity contribution in [1.82, 2.24) is 5.32 Å². The number of fused-ring (bicyclic) bond motifs is 2. The number of hydrogen-bond donors (Lipinski definition) is 1. The molecule has 200 valence electrons. The lowest BCUT2D eigenvalue weighted by molar-refractivity contribution is 0.0948. The average Bonchev–Trinajstić information content (AvgIpc) is 3.73. The minimum absolute atomic E-state index is 0.122. The first-order valence-electron chi connectivity index (χ1n) is 12.9. The Morgan fingerprint density at radius 3 is 2.85 bits per heavy atom. The minimum atomic E-state index is -0.122. The number of amides is 1. The van der Waals surface area contributed by atoms with Gasteiger partial charge in [-0.2, -0.15) is 0 Å². The van der Waals surface area contributed by atoms with E-state index in [4.69, 9.17) is 28.4 Å². The zero-order chi connectivity index (χ0) is 26.6. The molecule has 0 atom stereocenters. The van der Waals surface area contributed by atoms with Crippen LogP contribution in [0.2, 0.25) is 0 Å². The van der Waals surface area contributed by atoms with E-state index in [9.17, 15) is 4.79 Å². The number of carbonyl (C=O) groups is 1. The van der Waals surface area contributed by atoms with E-state index in [1.165, 1.54) is 4.88 Å². The normalized spacial score (nSPS) is 13.9. The largest absolute Gasteiger partial charge is 0.493 e. The molecule has 9 heteroatoms. The fraction of sp³-hybridized carbons (Fsp3) is 0.267. The molecule has 0 bridgehead atoms. The summed E-state index contributed by atoms with van der Waals surface area (Å²) in [7, 11) is 1.61. The maximum absolute atomic E-state index is 13.2. The maximum atomic E-state index is 13.2. The molecule has 6 rings (SSSR count). The fourth-order valence-corrected chi connectivity index (χ4v) is 5.98. The van der Waals surface area contributed by atoms with Crippen molar-refractivity contribution in [2.45, 2.75) is 38.8 Å². The summed E-state index contributed by atoms with van der Waals surface area (Å²) in [5.41, 5.74) is 3.61. The Bertz CT molecular complexity index is 1510. The number of nitrogens with zero attached hydrogens (tertiary/aromatic N) is 1. The molecule has 1 aliphatic heterocycles. The van der Waals surface area contributed by atoms with E-state index in [1.807, 2.05) is 48.5 Å². The smallest absolute Gasteiger partial charge is 0.255 e. The number of thiophene rings is 1. The molecule has 3 heterocycles. The van der Waals surface area contributed by atoms with Gasteiger partial charge in [0, 0.05) is 11.1 Å². The second-order valence-electron chi connectivity index (χ2n) is 9.30. The second kappa shape index (κ2) is 11.2. The van der Waals surface area contributed by atoms with Gasteiger partial charge in [0.1, 0.15) is 17.4 Å². The molecular weight excluding hydrogens is 516 g/mol. The van der Waals surface area contributed by atoms with E-state index in [0.717, 1.165) is 58.9 Å². The Labute approximate surface area is 230 Å². The highest BCUT2D eigenvalue weighted by Gasteiger charge is 2.25. The lowest BCUT2D eigenvalue weighted by Crippen LogP contribution is -2.23. The van der Waals surface area contributed by atoms with Crippen LogP contribution in [-0.2, 0) is 26.0 Å².